The molecular weight excluding hydrogens is 216 g/mol. The second-order valence-electron chi connectivity index (χ2n) is 6.65. The second-order valence-corrected chi connectivity index (χ2v) is 7.06. The number of hydrogen-bond donors (Lipinski definition) is 0. The molecule has 0 saturated heterocycles. The van der Waals surface area contributed by atoms with Crippen LogP contribution in [0.5, 0.6) is 0 Å². The van der Waals surface area contributed by atoms with E-state index in [9.17, 15) is 0 Å². The number of benzene rings is 1. The molecule has 0 fully saturated rings. The Labute approximate surface area is 105 Å². The molecule has 90 valence electrons. The van der Waals surface area contributed by atoms with Crippen LogP contribution < -0.4 is 0 Å². The Balaban J connectivity index is 3.41. The molecule has 0 heterocycles. The van der Waals surface area contributed by atoms with Crippen molar-refractivity contribution in [2.75, 3.05) is 0 Å². The minimum absolute atomic E-state index is 0.109. The first-order valence-electron chi connectivity index (χ1n) is 5.84. The Kier molecular flexibility index (Phi) is 3.45. The van der Waals surface area contributed by atoms with Crippen molar-refractivity contribution in [2.24, 2.45) is 0 Å². The fourth-order valence-corrected chi connectivity index (χ4v) is 2.68. The minimum atomic E-state index is 0.109. The average molecular weight is 239 g/mol. The molecule has 1 heteroatoms. The fourth-order valence-electron chi connectivity index (χ4n) is 2.13. The van der Waals surface area contributed by atoms with Crippen molar-refractivity contribution in [3.63, 3.8) is 0 Å². The van der Waals surface area contributed by atoms with E-state index in [1.54, 1.807) is 0 Å². The Morgan fingerprint density at radius 3 is 1.69 bits per heavy atom. The van der Waals surface area contributed by atoms with Crippen LogP contribution in [0.25, 0.3) is 0 Å². The number of aryl methyl sites for hydroxylation is 1. The van der Waals surface area contributed by atoms with Gasteiger partial charge in [-0.1, -0.05) is 59.2 Å². The third-order valence-corrected chi connectivity index (χ3v) is 3.20. The van der Waals surface area contributed by atoms with Gasteiger partial charge in [-0.3, -0.25) is 0 Å². The smallest absolute Gasteiger partial charge is 0.0448 e. The summed E-state index contributed by atoms with van der Waals surface area (Å²) in [4.78, 5) is 0. The van der Waals surface area contributed by atoms with Crippen LogP contribution in [0.1, 0.15) is 58.2 Å². The van der Waals surface area contributed by atoms with Crippen molar-refractivity contribution >= 4 is 11.6 Å². The molecule has 0 aliphatic heterocycles. The third-order valence-electron chi connectivity index (χ3n) is 2.90. The zero-order valence-electron chi connectivity index (χ0n) is 11.5. The maximum Gasteiger partial charge on any atom is 0.0448 e. The van der Waals surface area contributed by atoms with Crippen molar-refractivity contribution in [1.82, 2.24) is 0 Å². The zero-order chi connectivity index (χ0) is 12.7. The Hall–Kier alpha value is -0.490. The van der Waals surface area contributed by atoms with Crippen molar-refractivity contribution in [2.45, 2.75) is 59.3 Å². The molecule has 0 amide bonds. The lowest BCUT2D eigenvalue weighted by atomic mass is 9.79. The number of halogens is 1. The topological polar surface area (TPSA) is 0 Å². The van der Waals surface area contributed by atoms with E-state index in [4.69, 9.17) is 11.6 Å². The van der Waals surface area contributed by atoms with Crippen LogP contribution in [0.2, 0.25) is 5.02 Å². The van der Waals surface area contributed by atoms with Crippen molar-refractivity contribution in [3.05, 3.63) is 33.8 Å². The van der Waals surface area contributed by atoms with Gasteiger partial charge in [0.1, 0.15) is 0 Å². The summed E-state index contributed by atoms with van der Waals surface area (Å²) >= 11 is 6.43. The highest BCUT2D eigenvalue weighted by Gasteiger charge is 2.23. The van der Waals surface area contributed by atoms with Crippen LogP contribution in [-0.4, -0.2) is 0 Å². The van der Waals surface area contributed by atoms with Gasteiger partial charge in [-0.2, -0.15) is 0 Å². The summed E-state index contributed by atoms with van der Waals surface area (Å²) in [6.07, 6.45) is 0. The monoisotopic (exact) mass is 238 g/mol. The molecule has 0 N–H and O–H groups in total. The molecule has 1 aromatic rings. The van der Waals surface area contributed by atoms with E-state index in [-0.39, 0.29) is 10.8 Å². The van der Waals surface area contributed by atoms with Crippen LogP contribution >= 0.6 is 11.6 Å². The van der Waals surface area contributed by atoms with Crippen LogP contribution in [-0.2, 0) is 10.8 Å². The van der Waals surface area contributed by atoms with Gasteiger partial charge in [0, 0.05) is 5.02 Å². The molecular formula is C15H23Cl. The van der Waals surface area contributed by atoms with Gasteiger partial charge in [-0.05, 0) is 40.5 Å². The normalized spacial score (nSPS) is 13.0. The van der Waals surface area contributed by atoms with Gasteiger partial charge in [0.05, 0.1) is 0 Å². The first-order valence-corrected chi connectivity index (χ1v) is 6.22. The quantitative estimate of drug-likeness (QED) is 0.580. The van der Waals surface area contributed by atoms with Gasteiger partial charge in [0.25, 0.3) is 0 Å². The number of hydrogen-bond acceptors (Lipinski definition) is 0. The molecule has 0 atom stereocenters. The third kappa shape index (κ3) is 2.79. The molecule has 0 spiro atoms. The van der Waals surface area contributed by atoms with Gasteiger partial charge < -0.3 is 0 Å². The van der Waals surface area contributed by atoms with E-state index in [1.807, 2.05) is 0 Å². The molecule has 0 aliphatic carbocycles. The summed E-state index contributed by atoms with van der Waals surface area (Å²) in [6, 6.07) is 4.39. The van der Waals surface area contributed by atoms with Gasteiger partial charge >= 0.3 is 0 Å². The van der Waals surface area contributed by atoms with Gasteiger partial charge in [-0.25, -0.2) is 0 Å². The standard InChI is InChI=1S/C15H23Cl/c1-10-8-11(14(2,3)4)9-12(16)13(10)15(5,6)7/h8-9H,1-7H3. The summed E-state index contributed by atoms with van der Waals surface area (Å²) in [6.45, 7) is 15.4. The van der Waals surface area contributed by atoms with E-state index in [0.717, 1.165) is 5.02 Å². The maximum atomic E-state index is 6.43. The van der Waals surface area contributed by atoms with Crippen LogP contribution in [0.3, 0.4) is 0 Å². The van der Waals surface area contributed by atoms with Gasteiger partial charge in [0.2, 0.25) is 0 Å². The summed E-state index contributed by atoms with van der Waals surface area (Å²) < 4.78 is 0. The van der Waals surface area contributed by atoms with E-state index in [1.165, 1.54) is 16.7 Å². The van der Waals surface area contributed by atoms with Crippen molar-refractivity contribution in [3.8, 4) is 0 Å². The van der Waals surface area contributed by atoms with Gasteiger partial charge in [-0.15, -0.1) is 0 Å². The minimum Gasteiger partial charge on any atom is -0.0840 e. The molecule has 1 aromatic carbocycles. The van der Waals surface area contributed by atoms with E-state index in [0.29, 0.717) is 0 Å². The van der Waals surface area contributed by atoms with E-state index >= 15 is 0 Å². The lowest BCUT2D eigenvalue weighted by Gasteiger charge is -2.27. The first kappa shape index (κ1) is 13.6. The molecule has 0 nitrogen and oxygen atoms in total. The van der Waals surface area contributed by atoms with Gasteiger partial charge in [0.15, 0.2) is 0 Å². The van der Waals surface area contributed by atoms with Crippen LogP contribution in [0.15, 0.2) is 12.1 Å². The number of rotatable bonds is 0. The highest BCUT2D eigenvalue weighted by atomic mass is 35.5. The summed E-state index contributed by atoms with van der Waals surface area (Å²) in [7, 11) is 0. The lowest BCUT2D eigenvalue weighted by molar-refractivity contribution is 0.573. The Morgan fingerprint density at radius 1 is 0.875 bits per heavy atom. The predicted octanol–water partition coefficient (Wildman–Crippen LogP) is 5.24. The molecule has 0 aromatic heterocycles. The largest absolute Gasteiger partial charge is 0.0840 e. The van der Waals surface area contributed by atoms with Crippen molar-refractivity contribution < 1.29 is 0 Å². The molecule has 0 unspecified atom stereocenters. The van der Waals surface area contributed by atoms with E-state index < -0.39 is 0 Å². The zero-order valence-corrected chi connectivity index (χ0v) is 12.3. The average Bonchev–Trinajstić information content (AvgIpc) is 1.97. The van der Waals surface area contributed by atoms with Crippen LogP contribution in [0, 0.1) is 6.92 Å². The summed E-state index contributed by atoms with van der Waals surface area (Å²) in [5.41, 5.74) is 4.14. The lowest BCUT2D eigenvalue weighted by Crippen LogP contribution is -2.17. The molecule has 1 rings (SSSR count). The molecule has 16 heavy (non-hydrogen) atoms. The molecule has 0 saturated carbocycles. The van der Waals surface area contributed by atoms with Crippen molar-refractivity contribution in [1.29, 1.82) is 0 Å². The maximum absolute atomic E-state index is 6.43. The Morgan fingerprint density at radius 2 is 1.38 bits per heavy atom. The summed E-state index contributed by atoms with van der Waals surface area (Å²) in [5, 5.41) is 0.900. The highest BCUT2D eigenvalue weighted by molar-refractivity contribution is 6.31. The highest BCUT2D eigenvalue weighted by Crippen LogP contribution is 2.36. The fraction of sp³-hybridized carbons (Fsp3) is 0.600. The second kappa shape index (κ2) is 4.07. The van der Waals surface area contributed by atoms with E-state index in [2.05, 4.69) is 60.6 Å². The van der Waals surface area contributed by atoms with Crippen LogP contribution in [0.4, 0.5) is 0 Å². The molecule has 0 aliphatic rings. The summed E-state index contributed by atoms with van der Waals surface area (Å²) in [5.74, 6) is 0. The molecule has 0 bridgehead atoms. The first-order chi connectivity index (χ1) is 7.03. The Bertz CT molecular complexity index is 366. The predicted molar refractivity (Wildman–Crippen MR) is 73.6 cm³/mol. The SMILES string of the molecule is Cc1cc(C(C)(C)C)cc(Cl)c1C(C)(C)C. The molecule has 0 radical (unpaired) electrons.